The van der Waals surface area contributed by atoms with E-state index in [1.165, 1.54) is 16.7 Å². The number of methoxy groups -OCH3 is 1. The van der Waals surface area contributed by atoms with Crippen LogP contribution in [0.4, 0.5) is 0 Å². The van der Waals surface area contributed by atoms with Gasteiger partial charge in [0, 0.05) is 17.6 Å². The average molecular weight is 304 g/mol. The predicted octanol–water partition coefficient (Wildman–Crippen LogP) is 4.82. The third-order valence-electron chi connectivity index (χ3n) is 3.49. The van der Waals surface area contributed by atoms with Crippen molar-refractivity contribution in [1.29, 1.82) is 0 Å². The third kappa shape index (κ3) is 3.99. The van der Waals surface area contributed by atoms with Crippen LogP contribution in [0.5, 0.6) is 5.75 Å². The Hall–Kier alpha value is -1.51. The van der Waals surface area contributed by atoms with Crippen LogP contribution in [0.3, 0.4) is 0 Å². The molecule has 0 spiro atoms. The van der Waals surface area contributed by atoms with Gasteiger partial charge in [-0.2, -0.15) is 0 Å². The smallest absolute Gasteiger partial charge is 0.119 e. The molecule has 21 heavy (non-hydrogen) atoms. The molecule has 2 aromatic carbocycles. The first-order valence-electron chi connectivity index (χ1n) is 7.18. The van der Waals surface area contributed by atoms with Crippen molar-refractivity contribution in [3.8, 4) is 16.9 Å². The van der Waals surface area contributed by atoms with Gasteiger partial charge in [0.15, 0.2) is 0 Å². The van der Waals surface area contributed by atoms with E-state index in [1.807, 2.05) is 12.1 Å². The lowest BCUT2D eigenvalue weighted by molar-refractivity contribution is 0.414. The molecule has 0 saturated carbocycles. The lowest BCUT2D eigenvalue weighted by Gasteiger charge is -2.13. The van der Waals surface area contributed by atoms with Crippen LogP contribution in [0.1, 0.15) is 25.0 Å². The molecular weight excluding hydrogens is 282 g/mol. The SMILES string of the molecule is COc1ccc(-c2ccc(Cl)c(CNC(C)C)c2)c(C)c1. The molecule has 0 saturated heterocycles. The summed E-state index contributed by atoms with van der Waals surface area (Å²) in [6.45, 7) is 7.13. The van der Waals surface area contributed by atoms with E-state index in [-0.39, 0.29) is 0 Å². The second-order valence-corrected chi connectivity index (χ2v) is 5.93. The minimum absolute atomic E-state index is 0.437. The molecule has 0 bridgehead atoms. The number of hydrogen-bond acceptors (Lipinski definition) is 2. The van der Waals surface area contributed by atoms with Crippen LogP contribution in [-0.4, -0.2) is 13.2 Å². The van der Waals surface area contributed by atoms with E-state index >= 15 is 0 Å². The molecule has 2 rings (SSSR count). The molecule has 0 atom stereocenters. The first-order chi connectivity index (χ1) is 10.0. The molecular formula is C18H22ClNO. The Morgan fingerprint density at radius 1 is 1.14 bits per heavy atom. The van der Waals surface area contributed by atoms with Crippen molar-refractivity contribution in [2.45, 2.75) is 33.4 Å². The topological polar surface area (TPSA) is 21.3 Å². The molecule has 0 aromatic heterocycles. The Balaban J connectivity index is 2.34. The Labute approximate surface area is 132 Å². The molecule has 0 heterocycles. The lowest BCUT2D eigenvalue weighted by Crippen LogP contribution is -2.22. The van der Waals surface area contributed by atoms with Gasteiger partial charge in [-0.1, -0.05) is 37.6 Å². The number of aryl methyl sites for hydroxylation is 1. The van der Waals surface area contributed by atoms with Crippen molar-refractivity contribution in [2.24, 2.45) is 0 Å². The second kappa shape index (κ2) is 6.97. The van der Waals surface area contributed by atoms with Crippen molar-refractivity contribution in [3.05, 3.63) is 52.5 Å². The molecule has 0 radical (unpaired) electrons. The summed E-state index contributed by atoms with van der Waals surface area (Å²) in [5, 5.41) is 4.21. The number of ether oxygens (including phenoxy) is 1. The molecule has 0 aliphatic carbocycles. The maximum absolute atomic E-state index is 6.29. The van der Waals surface area contributed by atoms with Gasteiger partial charge in [0.2, 0.25) is 0 Å². The van der Waals surface area contributed by atoms with Gasteiger partial charge in [0.05, 0.1) is 7.11 Å². The van der Waals surface area contributed by atoms with E-state index < -0.39 is 0 Å². The Morgan fingerprint density at radius 2 is 1.90 bits per heavy atom. The lowest BCUT2D eigenvalue weighted by atomic mass is 9.98. The molecule has 1 N–H and O–H groups in total. The second-order valence-electron chi connectivity index (χ2n) is 5.52. The van der Waals surface area contributed by atoms with Crippen LogP contribution in [0, 0.1) is 6.92 Å². The van der Waals surface area contributed by atoms with Crippen LogP contribution in [0.2, 0.25) is 5.02 Å². The molecule has 2 aromatic rings. The summed E-state index contributed by atoms with van der Waals surface area (Å²) in [6.07, 6.45) is 0. The van der Waals surface area contributed by atoms with Crippen LogP contribution in [0.25, 0.3) is 11.1 Å². The van der Waals surface area contributed by atoms with E-state index in [2.05, 4.69) is 50.4 Å². The highest BCUT2D eigenvalue weighted by Crippen LogP contribution is 2.29. The summed E-state index contributed by atoms with van der Waals surface area (Å²) in [4.78, 5) is 0. The minimum Gasteiger partial charge on any atom is -0.497 e. The van der Waals surface area contributed by atoms with Gasteiger partial charge in [-0.25, -0.2) is 0 Å². The van der Waals surface area contributed by atoms with E-state index in [9.17, 15) is 0 Å². The zero-order valence-electron chi connectivity index (χ0n) is 13.0. The van der Waals surface area contributed by atoms with Crippen molar-refractivity contribution < 1.29 is 4.74 Å². The van der Waals surface area contributed by atoms with Crippen molar-refractivity contribution >= 4 is 11.6 Å². The van der Waals surface area contributed by atoms with Gasteiger partial charge < -0.3 is 10.1 Å². The van der Waals surface area contributed by atoms with E-state index in [4.69, 9.17) is 16.3 Å². The highest BCUT2D eigenvalue weighted by Gasteiger charge is 2.07. The average Bonchev–Trinajstić information content (AvgIpc) is 2.46. The van der Waals surface area contributed by atoms with E-state index in [0.717, 1.165) is 22.9 Å². The molecule has 3 heteroatoms. The van der Waals surface area contributed by atoms with Gasteiger partial charge in [-0.15, -0.1) is 0 Å². The number of rotatable bonds is 5. The fourth-order valence-corrected chi connectivity index (χ4v) is 2.46. The van der Waals surface area contributed by atoms with E-state index in [0.29, 0.717) is 6.04 Å². The fraction of sp³-hybridized carbons (Fsp3) is 0.333. The Kier molecular flexibility index (Phi) is 5.27. The van der Waals surface area contributed by atoms with Gasteiger partial charge in [-0.3, -0.25) is 0 Å². The fourth-order valence-electron chi connectivity index (χ4n) is 2.28. The molecule has 0 aliphatic heterocycles. The molecule has 0 aliphatic rings. The predicted molar refractivity (Wildman–Crippen MR) is 90.2 cm³/mol. The normalized spacial score (nSPS) is 11.0. The monoisotopic (exact) mass is 303 g/mol. The first kappa shape index (κ1) is 15.9. The Morgan fingerprint density at radius 3 is 2.52 bits per heavy atom. The van der Waals surface area contributed by atoms with Crippen LogP contribution in [-0.2, 0) is 6.54 Å². The summed E-state index contributed by atoms with van der Waals surface area (Å²) in [6, 6.07) is 12.8. The number of benzene rings is 2. The highest BCUT2D eigenvalue weighted by molar-refractivity contribution is 6.31. The summed E-state index contributed by atoms with van der Waals surface area (Å²) >= 11 is 6.29. The third-order valence-corrected chi connectivity index (χ3v) is 3.86. The summed E-state index contributed by atoms with van der Waals surface area (Å²) in [5.74, 6) is 0.881. The first-order valence-corrected chi connectivity index (χ1v) is 7.56. The number of halogens is 1. The maximum atomic E-state index is 6.29. The van der Waals surface area contributed by atoms with Crippen molar-refractivity contribution in [2.75, 3.05) is 7.11 Å². The summed E-state index contributed by atoms with van der Waals surface area (Å²) < 4.78 is 5.26. The molecule has 0 unspecified atom stereocenters. The summed E-state index contributed by atoms with van der Waals surface area (Å²) in [7, 11) is 1.69. The van der Waals surface area contributed by atoms with Crippen LogP contribution < -0.4 is 10.1 Å². The summed E-state index contributed by atoms with van der Waals surface area (Å²) in [5.41, 5.74) is 4.70. The highest BCUT2D eigenvalue weighted by atomic mass is 35.5. The molecule has 2 nitrogen and oxygen atoms in total. The molecule has 0 amide bonds. The standard InChI is InChI=1S/C18H22ClNO/c1-12(2)20-11-15-10-14(5-8-18(15)19)17-7-6-16(21-4)9-13(17)3/h5-10,12,20H,11H2,1-4H3. The van der Waals surface area contributed by atoms with Crippen LogP contribution >= 0.6 is 11.6 Å². The van der Waals surface area contributed by atoms with Gasteiger partial charge in [-0.05, 0) is 53.4 Å². The molecule has 112 valence electrons. The maximum Gasteiger partial charge on any atom is 0.119 e. The van der Waals surface area contributed by atoms with E-state index in [1.54, 1.807) is 7.11 Å². The van der Waals surface area contributed by atoms with Crippen LogP contribution in [0.15, 0.2) is 36.4 Å². The Bertz CT molecular complexity index is 623. The van der Waals surface area contributed by atoms with Gasteiger partial charge in [0.25, 0.3) is 0 Å². The molecule has 0 fully saturated rings. The number of hydrogen-bond donors (Lipinski definition) is 1. The zero-order chi connectivity index (χ0) is 15.4. The van der Waals surface area contributed by atoms with Gasteiger partial charge in [0.1, 0.15) is 5.75 Å². The minimum atomic E-state index is 0.437. The largest absolute Gasteiger partial charge is 0.497 e. The van der Waals surface area contributed by atoms with Gasteiger partial charge >= 0.3 is 0 Å². The van der Waals surface area contributed by atoms with Crippen molar-refractivity contribution in [3.63, 3.8) is 0 Å². The zero-order valence-corrected chi connectivity index (χ0v) is 13.8. The quantitative estimate of drug-likeness (QED) is 0.855. The number of nitrogens with one attached hydrogen (secondary N) is 1. The van der Waals surface area contributed by atoms with Crippen molar-refractivity contribution in [1.82, 2.24) is 5.32 Å².